The molecule has 34 heavy (non-hydrogen) atoms. The van der Waals surface area contributed by atoms with Crippen molar-refractivity contribution in [2.24, 2.45) is 0 Å². The number of thioether (sulfide) groups is 1. The Balaban J connectivity index is 1.60. The molecular weight excluding hydrogens is 452 g/mol. The molecule has 1 amide bonds. The minimum absolute atomic E-state index is 0.145. The number of allylic oxidation sites excluding steroid dienone is 1. The second kappa shape index (κ2) is 12.0. The lowest BCUT2D eigenvalue weighted by atomic mass is 10.1. The Morgan fingerprint density at radius 1 is 1.12 bits per heavy atom. The fraction of sp³-hybridized carbons (Fsp3) is 0.280. The average molecular weight is 481 g/mol. The van der Waals surface area contributed by atoms with Gasteiger partial charge >= 0.3 is 5.97 Å². The minimum atomic E-state index is -0.394. The van der Waals surface area contributed by atoms with Crippen LogP contribution in [0, 0.1) is 13.8 Å². The Labute approximate surface area is 203 Å². The van der Waals surface area contributed by atoms with Gasteiger partial charge < -0.3 is 14.8 Å². The van der Waals surface area contributed by atoms with Crippen LogP contribution in [0.25, 0.3) is 0 Å². The predicted octanol–water partition coefficient (Wildman–Crippen LogP) is 4.57. The van der Waals surface area contributed by atoms with Gasteiger partial charge in [-0.25, -0.2) is 4.79 Å². The largest absolute Gasteiger partial charge is 0.485 e. The van der Waals surface area contributed by atoms with Gasteiger partial charge in [-0.05, 0) is 56.2 Å². The van der Waals surface area contributed by atoms with E-state index in [1.165, 1.54) is 11.8 Å². The van der Waals surface area contributed by atoms with Gasteiger partial charge in [0.25, 0.3) is 0 Å². The highest BCUT2D eigenvalue weighted by atomic mass is 32.2. The van der Waals surface area contributed by atoms with Crippen molar-refractivity contribution in [2.75, 3.05) is 17.7 Å². The number of hydrogen-bond acceptors (Lipinski definition) is 7. The van der Waals surface area contributed by atoms with E-state index in [-0.39, 0.29) is 18.3 Å². The standard InChI is InChI=1S/C25H28N4O4S/c1-5-14-29-21(15-33-23-17(3)8-7-9-18(23)4)27-28-25(29)34-16-22(30)26-20-12-10-19(11-13-20)24(31)32-6-2/h5,7-13H,1,6,14-16H2,2-4H3,(H,26,30). The monoisotopic (exact) mass is 480 g/mol. The summed E-state index contributed by atoms with van der Waals surface area (Å²) >= 11 is 1.28. The number of hydrogen-bond donors (Lipinski definition) is 1. The summed E-state index contributed by atoms with van der Waals surface area (Å²) < 4.78 is 12.9. The molecule has 0 unspecified atom stereocenters. The van der Waals surface area contributed by atoms with Gasteiger partial charge in [-0.15, -0.1) is 16.8 Å². The van der Waals surface area contributed by atoms with E-state index >= 15 is 0 Å². The predicted molar refractivity (Wildman–Crippen MR) is 132 cm³/mol. The normalized spacial score (nSPS) is 10.6. The lowest BCUT2D eigenvalue weighted by Gasteiger charge is -2.12. The average Bonchev–Trinajstić information content (AvgIpc) is 3.20. The number of rotatable bonds is 11. The number of carbonyl (C=O) groups is 2. The van der Waals surface area contributed by atoms with Gasteiger partial charge in [0.2, 0.25) is 5.91 Å². The van der Waals surface area contributed by atoms with Crippen LogP contribution < -0.4 is 10.1 Å². The fourth-order valence-electron chi connectivity index (χ4n) is 3.24. The third kappa shape index (κ3) is 6.48. The molecule has 3 aromatic rings. The Morgan fingerprint density at radius 3 is 2.47 bits per heavy atom. The van der Waals surface area contributed by atoms with Crippen molar-refractivity contribution in [1.82, 2.24) is 14.8 Å². The molecule has 1 aromatic heterocycles. The zero-order chi connectivity index (χ0) is 24.5. The Bertz CT molecular complexity index is 1140. The Hall–Kier alpha value is -3.59. The van der Waals surface area contributed by atoms with Crippen molar-refractivity contribution in [3.63, 3.8) is 0 Å². The molecule has 3 rings (SSSR count). The maximum atomic E-state index is 12.4. The van der Waals surface area contributed by atoms with E-state index in [2.05, 4.69) is 22.1 Å². The third-order valence-electron chi connectivity index (χ3n) is 4.87. The SMILES string of the molecule is C=CCn1c(COc2c(C)cccc2C)nnc1SCC(=O)Nc1ccc(C(=O)OCC)cc1. The molecule has 0 atom stereocenters. The van der Waals surface area contributed by atoms with Crippen LogP contribution in [0.2, 0.25) is 0 Å². The molecule has 0 aliphatic carbocycles. The highest BCUT2D eigenvalue weighted by Crippen LogP contribution is 2.24. The summed E-state index contributed by atoms with van der Waals surface area (Å²) in [7, 11) is 0. The zero-order valence-corrected chi connectivity index (χ0v) is 20.4. The fourth-order valence-corrected chi connectivity index (χ4v) is 4.01. The Kier molecular flexibility index (Phi) is 8.86. The van der Waals surface area contributed by atoms with E-state index in [9.17, 15) is 9.59 Å². The van der Waals surface area contributed by atoms with Crippen LogP contribution in [0.1, 0.15) is 34.2 Å². The molecule has 0 bridgehead atoms. The summed E-state index contributed by atoms with van der Waals surface area (Å²) in [6, 6.07) is 12.6. The quantitative estimate of drug-likeness (QED) is 0.244. The molecule has 0 radical (unpaired) electrons. The number of ether oxygens (including phenoxy) is 2. The van der Waals surface area contributed by atoms with Gasteiger partial charge in [0.1, 0.15) is 12.4 Å². The number of amides is 1. The molecular formula is C25H28N4O4S. The number of carbonyl (C=O) groups excluding carboxylic acids is 2. The van der Waals surface area contributed by atoms with Crippen LogP contribution in [0.4, 0.5) is 5.69 Å². The number of nitrogens with zero attached hydrogens (tertiary/aromatic N) is 3. The van der Waals surface area contributed by atoms with E-state index in [4.69, 9.17) is 9.47 Å². The summed E-state index contributed by atoms with van der Waals surface area (Å²) in [5.41, 5.74) is 3.13. The number of para-hydroxylation sites is 1. The van der Waals surface area contributed by atoms with Crippen LogP contribution in [0.15, 0.2) is 60.3 Å². The summed E-state index contributed by atoms with van der Waals surface area (Å²) in [6.07, 6.45) is 1.75. The van der Waals surface area contributed by atoms with E-state index in [1.807, 2.05) is 36.6 Å². The van der Waals surface area contributed by atoms with Gasteiger partial charge in [-0.1, -0.05) is 36.0 Å². The van der Waals surface area contributed by atoms with Crippen molar-refractivity contribution < 1.29 is 19.1 Å². The van der Waals surface area contributed by atoms with Crippen LogP contribution in [0.5, 0.6) is 5.75 Å². The molecule has 0 saturated carbocycles. The Morgan fingerprint density at radius 2 is 1.82 bits per heavy atom. The van der Waals surface area contributed by atoms with Crippen molar-refractivity contribution in [2.45, 2.75) is 39.1 Å². The number of aryl methyl sites for hydroxylation is 2. The number of benzene rings is 2. The van der Waals surface area contributed by atoms with Gasteiger partial charge in [-0.2, -0.15) is 0 Å². The molecule has 1 N–H and O–H groups in total. The van der Waals surface area contributed by atoms with Crippen molar-refractivity contribution in [3.8, 4) is 5.75 Å². The molecule has 8 nitrogen and oxygen atoms in total. The van der Waals surface area contributed by atoms with Crippen molar-refractivity contribution in [1.29, 1.82) is 0 Å². The van der Waals surface area contributed by atoms with Gasteiger partial charge in [0.15, 0.2) is 11.0 Å². The first-order valence-corrected chi connectivity index (χ1v) is 11.8. The van der Waals surface area contributed by atoms with E-state index in [0.717, 1.165) is 16.9 Å². The first-order valence-electron chi connectivity index (χ1n) is 10.8. The molecule has 0 fully saturated rings. The molecule has 9 heteroatoms. The molecule has 2 aromatic carbocycles. The van der Waals surface area contributed by atoms with Crippen LogP contribution >= 0.6 is 11.8 Å². The second-order valence-electron chi connectivity index (χ2n) is 7.44. The summed E-state index contributed by atoms with van der Waals surface area (Å²) in [4.78, 5) is 24.2. The van der Waals surface area contributed by atoms with E-state index in [0.29, 0.717) is 35.4 Å². The lowest BCUT2D eigenvalue weighted by Crippen LogP contribution is -2.15. The van der Waals surface area contributed by atoms with E-state index < -0.39 is 5.97 Å². The van der Waals surface area contributed by atoms with Crippen molar-refractivity contribution in [3.05, 3.63) is 77.6 Å². The minimum Gasteiger partial charge on any atom is -0.485 e. The molecule has 0 aliphatic rings. The summed E-state index contributed by atoms with van der Waals surface area (Å²) in [6.45, 7) is 10.6. The third-order valence-corrected chi connectivity index (χ3v) is 5.84. The molecule has 1 heterocycles. The van der Waals surface area contributed by atoms with Gasteiger partial charge in [-0.3, -0.25) is 9.36 Å². The van der Waals surface area contributed by atoms with Crippen LogP contribution in [-0.2, 0) is 22.7 Å². The summed E-state index contributed by atoms with van der Waals surface area (Å²) in [5, 5.41) is 11.9. The number of aromatic nitrogens is 3. The maximum Gasteiger partial charge on any atom is 0.338 e. The lowest BCUT2D eigenvalue weighted by molar-refractivity contribution is -0.113. The van der Waals surface area contributed by atoms with E-state index in [1.54, 1.807) is 37.3 Å². The zero-order valence-electron chi connectivity index (χ0n) is 19.5. The highest BCUT2D eigenvalue weighted by Gasteiger charge is 2.15. The number of anilines is 1. The van der Waals surface area contributed by atoms with Gasteiger partial charge in [0.05, 0.1) is 17.9 Å². The second-order valence-corrected chi connectivity index (χ2v) is 8.38. The van der Waals surface area contributed by atoms with Gasteiger partial charge in [0, 0.05) is 12.2 Å². The van der Waals surface area contributed by atoms with Crippen LogP contribution in [0.3, 0.4) is 0 Å². The topological polar surface area (TPSA) is 95.3 Å². The molecule has 0 saturated heterocycles. The first-order chi connectivity index (χ1) is 16.4. The molecule has 0 aliphatic heterocycles. The highest BCUT2D eigenvalue weighted by molar-refractivity contribution is 7.99. The summed E-state index contributed by atoms with van der Waals surface area (Å²) in [5.74, 6) is 1.04. The smallest absolute Gasteiger partial charge is 0.338 e. The maximum absolute atomic E-state index is 12.4. The molecule has 178 valence electrons. The number of esters is 1. The number of nitrogens with one attached hydrogen (secondary N) is 1. The first kappa shape index (κ1) is 25.0. The van der Waals surface area contributed by atoms with Crippen LogP contribution in [-0.4, -0.2) is 39.0 Å². The van der Waals surface area contributed by atoms with Crippen molar-refractivity contribution >= 4 is 29.3 Å². The molecule has 0 spiro atoms.